The third-order valence-electron chi connectivity index (χ3n) is 4.15. The topological polar surface area (TPSA) is 73.6 Å². The van der Waals surface area contributed by atoms with Crippen molar-refractivity contribution >= 4 is 34.0 Å². The van der Waals surface area contributed by atoms with Crippen molar-refractivity contribution in [3.8, 4) is 5.75 Å². The molecule has 8 heteroatoms. The lowest BCUT2D eigenvalue weighted by Gasteiger charge is -2.00. The first kappa shape index (κ1) is 18.3. The number of nitrogens with zero attached hydrogens (tertiary/aromatic N) is 3. The van der Waals surface area contributed by atoms with E-state index < -0.39 is 5.56 Å². The Morgan fingerprint density at radius 3 is 2.50 bits per heavy atom. The van der Waals surface area contributed by atoms with Crippen LogP contribution in [0.5, 0.6) is 5.75 Å². The summed E-state index contributed by atoms with van der Waals surface area (Å²) in [5.74, 6) is 0.733. The lowest BCUT2D eigenvalue weighted by atomic mass is 10.1. The van der Waals surface area contributed by atoms with Gasteiger partial charge in [-0.2, -0.15) is 14.6 Å². The fourth-order valence-electron chi connectivity index (χ4n) is 2.70. The van der Waals surface area contributed by atoms with Gasteiger partial charge in [-0.25, -0.2) is 0 Å². The number of aromatic nitrogens is 3. The van der Waals surface area contributed by atoms with E-state index in [1.807, 2.05) is 36.4 Å². The number of fused-ring (bicyclic) bond motifs is 1. The third kappa shape index (κ3) is 3.67. The first-order valence-electron chi connectivity index (χ1n) is 8.36. The maximum Gasteiger partial charge on any atom is 0.296 e. The van der Waals surface area contributed by atoms with E-state index >= 15 is 0 Å². The van der Waals surface area contributed by atoms with E-state index in [0.717, 1.165) is 28.2 Å². The van der Waals surface area contributed by atoms with E-state index in [1.165, 1.54) is 4.52 Å². The minimum atomic E-state index is -0.438. The summed E-state index contributed by atoms with van der Waals surface area (Å²) in [5.41, 5.74) is 1.18. The van der Waals surface area contributed by atoms with Crippen LogP contribution < -0.4 is 20.4 Å². The third-order valence-corrected chi connectivity index (χ3v) is 5.36. The van der Waals surface area contributed by atoms with Gasteiger partial charge in [0.25, 0.3) is 11.1 Å². The molecule has 6 nitrogen and oxygen atoms in total. The lowest BCUT2D eigenvalue weighted by molar-refractivity contribution is 0.415. The molecule has 0 aliphatic carbocycles. The van der Waals surface area contributed by atoms with Gasteiger partial charge in [0.1, 0.15) is 11.4 Å². The zero-order valence-corrected chi connectivity index (χ0v) is 16.3. The average Bonchev–Trinajstić information content (AvgIpc) is 2.99. The molecule has 4 aromatic rings. The van der Waals surface area contributed by atoms with Gasteiger partial charge in [-0.3, -0.25) is 9.59 Å². The summed E-state index contributed by atoms with van der Waals surface area (Å²) in [5, 5.41) is 4.86. The zero-order chi connectivity index (χ0) is 19.7. The van der Waals surface area contributed by atoms with Crippen molar-refractivity contribution in [1.29, 1.82) is 0 Å². The first-order chi connectivity index (χ1) is 13.5. The fourth-order valence-corrected chi connectivity index (χ4v) is 3.73. The van der Waals surface area contributed by atoms with Gasteiger partial charge in [0.15, 0.2) is 0 Å². The van der Waals surface area contributed by atoms with Crippen LogP contribution in [0.25, 0.3) is 11.0 Å². The van der Waals surface area contributed by atoms with Gasteiger partial charge in [-0.15, -0.1) is 0 Å². The lowest BCUT2D eigenvalue weighted by Crippen LogP contribution is -2.28. The van der Waals surface area contributed by atoms with Crippen LogP contribution in [-0.2, 0) is 6.42 Å². The summed E-state index contributed by atoms with van der Waals surface area (Å²) >= 11 is 7.02. The molecule has 2 aromatic heterocycles. The maximum atomic E-state index is 12.7. The largest absolute Gasteiger partial charge is 0.497 e. The molecule has 2 aromatic carbocycles. The number of hydrogen-bond donors (Lipinski definition) is 0. The number of rotatable bonds is 4. The Bertz CT molecular complexity index is 1310. The quantitative estimate of drug-likeness (QED) is 0.515. The van der Waals surface area contributed by atoms with E-state index in [-0.39, 0.29) is 22.6 Å². The summed E-state index contributed by atoms with van der Waals surface area (Å²) in [6.45, 7) is 0. The van der Waals surface area contributed by atoms with Crippen LogP contribution in [0.1, 0.15) is 16.8 Å². The Labute approximate surface area is 168 Å². The normalized spacial score (nSPS) is 11.9. The Kier molecular flexibility index (Phi) is 4.93. The highest BCUT2D eigenvalue weighted by Crippen LogP contribution is 2.13. The molecule has 0 fully saturated rings. The molecule has 2 heterocycles. The molecule has 0 aliphatic rings. The molecule has 0 radical (unpaired) electrons. The molecule has 4 rings (SSSR count). The molecule has 0 amide bonds. The Morgan fingerprint density at radius 2 is 1.82 bits per heavy atom. The number of benzene rings is 2. The van der Waals surface area contributed by atoms with Gasteiger partial charge >= 0.3 is 0 Å². The highest BCUT2D eigenvalue weighted by atomic mass is 35.5. The Hall–Kier alpha value is -3.03. The number of hydrogen-bond acceptors (Lipinski definition) is 6. The summed E-state index contributed by atoms with van der Waals surface area (Å²) in [7, 11) is 1.59. The molecule has 28 heavy (non-hydrogen) atoms. The highest BCUT2D eigenvalue weighted by molar-refractivity contribution is 7.15. The molecule has 0 saturated carbocycles. The van der Waals surface area contributed by atoms with Crippen LogP contribution in [0.4, 0.5) is 0 Å². The van der Waals surface area contributed by atoms with Gasteiger partial charge in [0.2, 0.25) is 4.96 Å². The van der Waals surface area contributed by atoms with Gasteiger partial charge < -0.3 is 4.74 Å². The first-order valence-corrected chi connectivity index (χ1v) is 9.56. The van der Waals surface area contributed by atoms with Crippen LogP contribution >= 0.6 is 22.9 Å². The second kappa shape index (κ2) is 7.53. The molecule has 0 aliphatic heterocycles. The van der Waals surface area contributed by atoms with Gasteiger partial charge in [-0.1, -0.05) is 47.2 Å². The number of methoxy groups -OCH3 is 1. The molecule has 0 N–H and O–H groups in total. The monoisotopic (exact) mass is 411 g/mol. The molecule has 0 saturated heterocycles. The fraction of sp³-hybridized carbons (Fsp3) is 0.100. The minimum absolute atomic E-state index is 0.214. The highest BCUT2D eigenvalue weighted by Gasteiger charge is 2.11. The Morgan fingerprint density at radius 1 is 1.11 bits per heavy atom. The van der Waals surface area contributed by atoms with Crippen molar-refractivity contribution in [2.45, 2.75) is 6.42 Å². The van der Waals surface area contributed by atoms with Crippen molar-refractivity contribution in [3.63, 3.8) is 0 Å². The predicted molar refractivity (Wildman–Crippen MR) is 109 cm³/mol. The van der Waals surface area contributed by atoms with Crippen molar-refractivity contribution in [2.75, 3.05) is 7.11 Å². The standard InChI is InChI=1S/C20H14ClN3O3S/c1-27-15-8-4-13(5-9-15)11-17-19(26)24-20(28-17)22-18(25)16(23-24)10-12-2-6-14(21)7-3-12/h2-9,11H,10H2,1H3. The molecule has 0 spiro atoms. The van der Waals surface area contributed by atoms with Crippen LogP contribution in [0.3, 0.4) is 0 Å². The summed E-state index contributed by atoms with van der Waals surface area (Å²) in [4.78, 5) is 29.3. The van der Waals surface area contributed by atoms with Crippen molar-refractivity contribution in [1.82, 2.24) is 14.6 Å². The summed E-state index contributed by atoms with van der Waals surface area (Å²) < 4.78 is 6.77. The van der Waals surface area contributed by atoms with Gasteiger partial charge in [0, 0.05) is 11.4 Å². The van der Waals surface area contributed by atoms with E-state index in [4.69, 9.17) is 16.3 Å². The molecular weight excluding hydrogens is 398 g/mol. The van der Waals surface area contributed by atoms with E-state index in [0.29, 0.717) is 9.55 Å². The second-order valence-corrected chi connectivity index (χ2v) is 7.50. The predicted octanol–water partition coefficient (Wildman–Crippen LogP) is 2.31. The number of thiazole rings is 1. The van der Waals surface area contributed by atoms with Crippen LogP contribution in [0, 0.1) is 0 Å². The molecule has 0 unspecified atom stereocenters. The smallest absolute Gasteiger partial charge is 0.296 e. The number of halogens is 1. The summed E-state index contributed by atoms with van der Waals surface area (Å²) in [6.07, 6.45) is 2.02. The van der Waals surface area contributed by atoms with Gasteiger partial charge in [-0.05, 0) is 41.5 Å². The molecular formula is C20H14ClN3O3S. The van der Waals surface area contributed by atoms with Crippen molar-refractivity contribution in [2.24, 2.45) is 0 Å². The van der Waals surface area contributed by atoms with Crippen LogP contribution in [-0.4, -0.2) is 21.7 Å². The van der Waals surface area contributed by atoms with Crippen LogP contribution in [0.2, 0.25) is 5.02 Å². The second-order valence-electron chi connectivity index (χ2n) is 6.05. The van der Waals surface area contributed by atoms with Crippen LogP contribution in [0.15, 0.2) is 58.1 Å². The van der Waals surface area contributed by atoms with Gasteiger partial charge in [0.05, 0.1) is 11.6 Å². The maximum absolute atomic E-state index is 12.7. The van der Waals surface area contributed by atoms with E-state index in [2.05, 4.69) is 10.1 Å². The Balaban J connectivity index is 1.76. The van der Waals surface area contributed by atoms with E-state index in [9.17, 15) is 9.59 Å². The van der Waals surface area contributed by atoms with Crippen molar-refractivity contribution in [3.05, 3.63) is 95.6 Å². The number of ether oxygens (including phenoxy) is 1. The van der Waals surface area contributed by atoms with Crippen molar-refractivity contribution < 1.29 is 4.74 Å². The van der Waals surface area contributed by atoms with E-state index in [1.54, 1.807) is 25.3 Å². The SMILES string of the molecule is COc1ccc(C=c2sc3nc(=O)c(Cc4ccc(Cl)cc4)nn3c2=O)cc1. The molecule has 140 valence electrons. The summed E-state index contributed by atoms with van der Waals surface area (Å²) in [6, 6.07) is 14.4. The molecule has 0 bridgehead atoms. The average molecular weight is 412 g/mol. The minimum Gasteiger partial charge on any atom is -0.497 e. The zero-order valence-electron chi connectivity index (χ0n) is 14.8. The molecule has 0 atom stereocenters.